The first-order chi connectivity index (χ1) is 11.5. The lowest BCUT2D eigenvalue weighted by molar-refractivity contribution is 0.0947. The summed E-state index contributed by atoms with van der Waals surface area (Å²) in [7, 11) is 4.07. The fourth-order valence-electron chi connectivity index (χ4n) is 2.76. The second-order valence-corrected chi connectivity index (χ2v) is 6.89. The van der Waals surface area contributed by atoms with E-state index in [1.54, 1.807) is 0 Å². The van der Waals surface area contributed by atoms with Crippen molar-refractivity contribution in [2.24, 2.45) is 0 Å². The van der Waals surface area contributed by atoms with Crippen LogP contribution in [0.1, 0.15) is 46.9 Å². The van der Waals surface area contributed by atoms with E-state index in [4.69, 9.17) is 0 Å². The van der Waals surface area contributed by atoms with Gasteiger partial charge < -0.3 is 10.2 Å². The van der Waals surface area contributed by atoms with E-state index in [1.807, 2.05) is 24.8 Å². The Morgan fingerprint density at radius 1 is 1.29 bits per heavy atom. The fourth-order valence-corrected chi connectivity index (χ4v) is 2.76. The number of carbonyl (C=O) groups excluding carboxylic acids is 1. The Kier molecular flexibility index (Phi) is 5.00. The Bertz CT molecular complexity index is 699. The highest BCUT2D eigenvalue weighted by Crippen LogP contribution is 2.41. The van der Waals surface area contributed by atoms with Crippen LogP contribution in [-0.4, -0.2) is 47.8 Å². The van der Waals surface area contributed by atoms with Gasteiger partial charge in [0.25, 0.3) is 5.91 Å². The smallest absolute Gasteiger partial charge is 0.271 e. The maximum absolute atomic E-state index is 12.4. The van der Waals surface area contributed by atoms with Crippen LogP contribution in [0.3, 0.4) is 0 Å². The van der Waals surface area contributed by atoms with Crippen LogP contribution >= 0.6 is 0 Å². The van der Waals surface area contributed by atoms with E-state index in [0.717, 1.165) is 24.3 Å². The molecule has 0 unspecified atom stereocenters. The molecule has 1 aromatic carbocycles. The van der Waals surface area contributed by atoms with Crippen molar-refractivity contribution in [1.29, 1.82) is 0 Å². The van der Waals surface area contributed by atoms with Crippen LogP contribution < -0.4 is 5.32 Å². The summed E-state index contributed by atoms with van der Waals surface area (Å²) >= 11 is 0. The quantitative estimate of drug-likeness (QED) is 0.796. The molecular formula is C19H26N4O. The summed E-state index contributed by atoms with van der Waals surface area (Å²) in [5.74, 6) is 0.454. The van der Waals surface area contributed by atoms with Crippen molar-refractivity contribution < 1.29 is 4.79 Å². The summed E-state index contributed by atoms with van der Waals surface area (Å²) in [6.45, 7) is 3.71. The van der Waals surface area contributed by atoms with Crippen molar-refractivity contribution in [3.05, 3.63) is 47.3 Å². The fraction of sp³-hybridized carbons (Fsp3) is 0.474. The molecule has 2 aromatic rings. The molecule has 5 heteroatoms. The normalized spacial score (nSPS) is 14.2. The molecule has 1 aromatic heterocycles. The Morgan fingerprint density at radius 3 is 2.62 bits per heavy atom. The molecule has 1 heterocycles. The van der Waals surface area contributed by atoms with Crippen molar-refractivity contribution in [1.82, 2.24) is 20.0 Å². The van der Waals surface area contributed by atoms with Crippen LogP contribution in [0, 0.1) is 6.92 Å². The summed E-state index contributed by atoms with van der Waals surface area (Å²) in [6, 6.07) is 10.2. The molecule has 1 aliphatic rings. The predicted molar refractivity (Wildman–Crippen MR) is 95.8 cm³/mol. The molecule has 0 spiro atoms. The number of hydrogen-bond acceptors (Lipinski definition) is 3. The van der Waals surface area contributed by atoms with Crippen molar-refractivity contribution in [3.63, 3.8) is 0 Å². The van der Waals surface area contributed by atoms with E-state index in [0.29, 0.717) is 18.2 Å². The van der Waals surface area contributed by atoms with Crippen LogP contribution in [0.4, 0.5) is 0 Å². The molecule has 0 bridgehead atoms. The number of aryl methyl sites for hydroxylation is 1. The largest absolute Gasteiger partial charge is 0.351 e. The number of hydrogen-bond donors (Lipinski definition) is 1. The van der Waals surface area contributed by atoms with Crippen molar-refractivity contribution in [2.75, 3.05) is 27.2 Å². The Hall–Kier alpha value is -2.14. The topological polar surface area (TPSA) is 50.2 Å². The highest BCUT2D eigenvalue weighted by molar-refractivity contribution is 5.92. The van der Waals surface area contributed by atoms with Gasteiger partial charge >= 0.3 is 0 Å². The Labute approximate surface area is 143 Å². The average Bonchev–Trinajstić information content (AvgIpc) is 3.31. The van der Waals surface area contributed by atoms with E-state index in [9.17, 15) is 4.79 Å². The lowest BCUT2D eigenvalue weighted by Crippen LogP contribution is -2.27. The number of benzene rings is 1. The van der Waals surface area contributed by atoms with Crippen LogP contribution in [0.25, 0.3) is 5.69 Å². The molecule has 1 amide bonds. The van der Waals surface area contributed by atoms with Gasteiger partial charge in [-0.15, -0.1) is 0 Å². The molecule has 24 heavy (non-hydrogen) atoms. The average molecular weight is 326 g/mol. The third kappa shape index (κ3) is 4.03. The number of rotatable bonds is 7. The first-order valence-electron chi connectivity index (χ1n) is 8.64. The Morgan fingerprint density at radius 2 is 2.00 bits per heavy atom. The van der Waals surface area contributed by atoms with Gasteiger partial charge in [-0.25, -0.2) is 4.68 Å². The van der Waals surface area contributed by atoms with Crippen molar-refractivity contribution in [2.45, 2.75) is 32.1 Å². The maximum Gasteiger partial charge on any atom is 0.271 e. The second kappa shape index (κ2) is 7.18. The second-order valence-electron chi connectivity index (χ2n) is 6.89. The summed E-state index contributed by atoms with van der Waals surface area (Å²) in [5, 5.41) is 7.55. The molecule has 0 aliphatic heterocycles. The molecular weight excluding hydrogens is 300 g/mol. The molecule has 0 radical (unpaired) electrons. The number of amides is 1. The zero-order chi connectivity index (χ0) is 17.1. The standard InChI is InChI=1S/C19H26N4O/c1-14-5-9-16(10-6-14)23-18(15-7-8-15)13-17(21-23)19(24)20-11-4-12-22(2)3/h5-6,9-10,13,15H,4,7-8,11-12H2,1-3H3,(H,20,24). The highest BCUT2D eigenvalue weighted by Gasteiger charge is 2.29. The summed E-state index contributed by atoms with van der Waals surface area (Å²) < 4.78 is 1.94. The molecule has 1 N–H and O–H groups in total. The van der Waals surface area contributed by atoms with E-state index in [2.05, 4.69) is 46.5 Å². The van der Waals surface area contributed by atoms with E-state index >= 15 is 0 Å². The van der Waals surface area contributed by atoms with Crippen LogP contribution in [-0.2, 0) is 0 Å². The first kappa shape index (κ1) is 16.7. The molecule has 1 saturated carbocycles. The molecule has 1 fully saturated rings. The van der Waals surface area contributed by atoms with E-state index in [1.165, 1.54) is 18.4 Å². The van der Waals surface area contributed by atoms with Gasteiger partial charge in [-0.1, -0.05) is 17.7 Å². The van der Waals surface area contributed by atoms with Gasteiger partial charge in [0, 0.05) is 18.2 Å². The van der Waals surface area contributed by atoms with E-state index < -0.39 is 0 Å². The van der Waals surface area contributed by atoms with Gasteiger partial charge in [0.05, 0.1) is 5.69 Å². The third-order valence-electron chi connectivity index (χ3n) is 4.31. The zero-order valence-corrected chi connectivity index (χ0v) is 14.7. The zero-order valence-electron chi connectivity index (χ0n) is 14.7. The minimum absolute atomic E-state index is 0.0819. The van der Waals surface area contributed by atoms with Gasteiger partial charge in [0.1, 0.15) is 0 Å². The maximum atomic E-state index is 12.4. The predicted octanol–water partition coefficient (Wildman–Crippen LogP) is 2.74. The summed E-state index contributed by atoms with van der Waals surface area (Å²) in [6.07, 6.45) is 3.30. The first-order valence-corrected chi connectivity index (χ1v) is 8.64. The number of carbonyl (C=O) groups is 1. The third-order valence-corrected chi connectivity index (χ3v) is 4.31. The van der Waals surface area contributed by atoms with Gasteiger partial charge in [-0.3, -0.25) is 4.79 Å². The molecule has 0 saturated heterocycles. The van der Waals surface area contributed by atoms with Crippen LogP contribution in [0.5, 0.6) is 0 Å². The minimum Gasteiger partial charge on any atom is -0.351 e. The van der Waals surface area contributed by atoms with Gasteiger partial charge in [0.15, 0.2) is 5.69 Å². The highest BCUT2D eigenvalue weighted by atomic mass is 16.1. The van der Waals surface area contributed by atoms with Gasteiger partial charge in [-0.05, 0) is 65.0 Å². The number of nitrogens with one attached hydrogen (secondary N) is 1. The van der Waals surface area contributed by atoms with Crippen molar-refractivity contribution >= 4 is 5.91 Å². The molecule has 128 valence electrons. The number of aromatic nitrogens is 2. The monoisotopic (exact) mass is 326 g/mol. The summed E-state index contributed by atoms with van der Waals surface area (Å²) in [5.41, 5.74) is 3.91. The lowest BCUT2D eigenvalue weighted by Gasteiger charge is -2.09. The van der Waals surface area contributed by atoms with Crippen LogP contribution in [0.15, 0.2) is 30.3 Å². The Balaban J connectivity index is 1.74. The van der Waals surface area contributed by atoms with Crippen LogP contribution in [0.2, 0.25) is 0 Å². The lowest BCUT2D eigenvalue weighted by atomic mass is 10.2. The molecule has 0 atom stereocenters. The molecule has 1 aliphatic carbocycles. The summed E-state index contributed by atoms with van der Waals surface area (Å²) in [4.78, 5) is 14.5. The van der Waals surface area contributed by atoms with Gasteiger partial charge in [-0.2, -0.15) is 5.10 Å². The molecule has 3 rings (SSSR count). The van der Waals surface area contributed by atoms with E-state index in [-0.39, 0.29) is 5.91 Å². The van der Waals surface area contributed by atoms with Crippen molar-refractivity contribution in [3.8, 4) is 5.69 Å². The minimum atomic E-state index is -0.0819. The SMILES string of the molecule is Cc1ccc(-n2nc(C(=O)NCCCN(C)C)cc2C2CC2)cc1. The van der Waals surface area contributed by atoms with Gasteiger partial charge in [0.2, 0.25) is 0 Å². The molecule has 5 nitrogen and oxygen atoms in total. The number of nitrogens with zero attached hydrogens (tertiary/aromatic N) is 3.